The number of halogens is 3. The summed E-state index contributed by atoms with van der Waals surface area (Å²) in [5.41, 5.74) is -1.30. The zero-order chi connectivity index (χ0) is 21.4. The third-order valence-corrected chi connectivity index (χ3v) is 4.50. The van der Waals surface area contributed by atoms with Crippen LogP contribution >= 0.6 is 11.8 Å². The summed E-state index contributed by atoms with van der Waals surface area (Å²) in [6, 6.07) is 8.69. The summed E-state index contributed by atoms with van der Waals surface area (Å²) in [6.45, 7) is 5.59. The Morgan fingerprint density at radius 2 is 2.03 bits per heavy atom. The van der Waals surface area contributed by atoms with E-state index in [9.17, 15) is 23.2 Å². The van der Waals surface area contributed by atoms with E-state index in [1.807, 2.05) is 0 Å². The molecule has 1 heterocycles. The van der Waals surface area contributed by atoms with Gasteiger partial charge in [-0.1, -0.05) is 24.4 Å². The lowest BCUT2D eigenvalue weighted by Gasteiger charge is -2.14. The standard InChI is InChI=1S/C20H17F3N2O3S/c1-3-9-28-14-7-5-13(6-8-14)17-10-16(20(21,22)23)15(11-24)19(25-17)29-12-18(26)27-4-2/h3,5-8,10H,1,4,9,12H2,2H3. The number of esters is 1. The number of hydrogen-bond donors (Lipinski definition) is 0. The molecular weight excluding hydrogens is 405 g/mol. The summed E-state index contributed by atoms with van der Waals surface area (Å²) < 4.78 is 50.7. The first-order valence-corrected chi connectivity index (χ1v) is 9.43. The van der Waals surface area contributed by atoms with E-state index in [1.54, 1.807) is 43.3 Å². The highest BCUT2D eigenvalue weighted by molar-refractivity contribution is 7.99. The van der Waals surface area contributed by atoms with E-state index in [2.05, 4.69) is 11.6 Å². The molecule has 0 amide bonds. The van der Waals surface area contributed by atoms with E-state index < -0.39 is 23.3 Å². The van der Waals surface area contributed by atoms with Crippen LogP contribution in [-0.2, 0) is 15.7 Å². The van der Waals surface area contributed by atoms with E-state index in [0.29, 0.717) is 17.9 Å². The number of carbonyl (C=O) groups is 1. The van der Waals surface area contributed by atoms with Gasteiger partial charge in [-0.05, 0) is 37.3 Å². The molecule has 29 heavy (non-hydrogen) atoms. The first-order valence-electron chi connectivity index (χ1n) is 8.45. The summed E-state index contributed by atoms with van der Waals surface area (Å²) in [4.78, 5) is 15.8. The van der Waals surface area contributed by atoms with Gasteiger partial charge in [-0.2, -0.15) is 18.4 Å². The summed E-state index contributed by atoms with van der Waals surface area (Å²) in [5.74, 6) is -0.342. The van der Waals surface area contributed by atoms with Crippen LogP contribution < -0.4 is 4.74 Å². The molecule has 0 N–H and O–H groups in total. The van der Waals surface area contributed by atoms with E-state index in [0.717, 1.165) is 17.8 Å². The van der Waals surface area contributed by atoms with Crippen molar-refractivity contribution in [1.82, 2.24) is 4.98 Å². The SMILES string of the molecule is C=CCOc1ccc(-c2cc(C(F)(F)F)c(C#N)c(SCC(=O)OCC)n2)cc1. The zero-order valence-corrected chi connectivity index (χ0v) is 16.3. The monoisotopic (exact) mass is 422 g/mol. The van der Waals surface area contributed by atoms with Crippen molar-refractivity contribution in [3.63, 3.8) is 0 Å². The molecule has 0 fully saturated rings. The third-order valence-electron chi connectivity index (χ3n) is 3.55. The molecule has 2 rings (SSSR count). The molecule has 0 aliphatic rings. The average molecular weight is 422 g/mol. The fraction of sp³-hybridized carbons (Fsp3) is 0.250. The number of nitriles is 1. The fourth-order valence-corrected chi connectivity index (χ4v) is 3.11. The van der Waals surface area contributed by atoms with Gasteiger partial charge in [0, 0.05) is 5.56 Å². The summed E-state index contributed by atoms with van der Waals surface area (Å²) in [6.07, 6.45) is -3.19. The minimum absolute atomic E-state index is 0.0259. The Bertz CT molecular complexity index is 922. The van der Waals surface area contributed by atoms with Gasteiger partial charge in [-0.25, -0.2) is 4.98 Å². The number of pyridine rings is 1. The highest BCUT2D eigenvalue weighted by atomic mass is 32.2. The van der Waals surface area contributed by atoms with Gasteiger partial charge in [-0.3, -0.25) is 4.79 Å². The molecule has 0 spiro atoms. The first-order chi connectivity index (χ1) is 13.8. The molecule has 1 aromatic carbocycles. The highest BCUT2D eigenvalue weighted by Crippen LogP contribution is 2.38. The number of ether oxygens (including phenoxy) is 2. The van der Waals surface area contributed by atoms with Gasteiger partial charge < -0.3 is 9.47 Å². The van der Waals surface area contributed by atoms with E-state index >= 15 is 0 Å². The van der Waals surface area contributed by atoms with Crippen LogP contribution in [0.1, 0.15) is 18.1 Å². The molecule has 0 aliphatic heterocycles. The zero-order valence-electron chi connectivity index (χ0n) is 15.5. The van der Waals surface area contributed by atoms with Gasteiger partial charge in [0.15, 0.2) is 0 Å². The maximum atomic E-state index is 13.5. The molecular formula is C20H17F3N2O3S. The molecule has 0 aliphatic carbocycles. The van der Waals surface area contributed by atoms with Gasteiger partial charge in [-0.15, -0.1) is 0 Å². The van der Waals surface area contributed by atoms with Crippen molar-refractivity contribution in [1.29, 1.82) is 5.26 Å². The Labute approximate surface area is 170 Å². The minimum Gasteiger partial charge on any atom is -0.490 e. The third kappa shape index (κ3) is 5.99. The molecule has 0 unspecified atom stereocenters. The van der Waals surface area contributed by atoms with Crippen molar-refractivity contribution >= 4 is 17.7 Å². The Morgan fingerprint density at radius 3 is 2.59 bits per heavy atom. The Morgan fingerprint density at radius 1 is 1.34 bits per heavy atom. The van der Waals surface area contributed by atoms with E-state index in [-0.39, 0.29) is 23.1 Å². The van der Waals surface area contributed by atoms with Crippen molar-refractivity contribution in [2.45, 2.75) is 18.1 Å². The maximum absolute atomic E-state index is 13.5. The van der Waals surface area contributed by atoms with Gasteiger partial charge in [0.1, 0.15) is 23.5 Å². The van der Waals surface area contributed by atoms with Crippen molar-refractivity contribution in [2.24, 2.45) is 0 Å². The molecule has 1 aromatic heterocycles. The molecule has 0 atom stereocenters. The van der Waals surface area contributed by atoms with Gasteiger partial charge in [0.25, 0.3) is 0 Å². The Balaban J connectivity index is 2.46. The van der Waals surface area contributed by atoms with Gasteiger partial charge in [0.2, 0.25) is 0 Å². The van der Waals surface area contributed by atoms with Crippen LogP contribution in [0.4, 0.5) is 13.2 Å². The predicted octanol–water partition coefficient (Wildman–Crippen LogP) is 4.86. The molecule has 0 radical (unpaired) electrons. The van der Waals surface area contributed by atoms with Crippen LogP contribution in [-0.4, -0.2) is 29.9 Å². The van der Waals surface area contributed by atoms with Crippen molar-refractivity contribution in [3.05, 3.63) is 54.1 Å². The van der Waals surface area contributed by atoms with Crippen molar-refractivity contribution in [2.75, 3.05) is 19.0 Å². The Kier molecular flexibility index (Phi) is 7.67. The fourth-order valence-electron chi connectivity index (χ4n) is 2.31. The minimum atomic E-state index is -4.75. The number of thioether (sulfide) groups is 1. The molecule has 0 saturated heterocycles. The molecule has 5 nitrogen and oxygen atoms in total. The number of carbonyl (C=O) groups excluding carboxylic acids is 1. The van der Waals surface area contributed by atoms with Gasteiger partial charge >= 0.3 is 12.1 Å². The normalized spacial score (nSPS) is 10.9. The molecule has 152 valence electrons. The molecule has 2 aromatic rings. The first kappa shape index (κ1) is 22.3. The summed E-state index contributed by atoms with van der Waals surface area (Å²) in [7, 11) is 0. The lowest BCUT2D eigenvalue weighted by Crippen LogP contribution is -2.12. The number of rotatable bonds is 8. The van der Waals surface area contributed by atoms with E-state index in [1.165, 1.54) is 0 Å². The second kappa shape index (κ2) is 9.98. The van der Waals surface area contributed by atoms with Gasteiger partial charge in [0.05, 0.1) is 29.2 Å². The number of nitrogens with zero attached hydrogens (tertiary/aromatic N) is 2. The van der Waals surface area contributed by atoms with Crippen LogP contribution in [0.15, 0.2) is 48.0 Å². The van der Waals surface area contributed by atoms with Crippen LogP contribution in [0, 0.1) is 11.3 Å². The average Bonchev–Trinajstić information content (AvgIpc) is 2.70. The second-order valence-corrected chi connectivity index (χ2v) is 6.53. The number of hydrogen-bond acceptors (Lipinski definition) is 6. The van der Waals surface area contributed by atoms with E-state index in [4.69, 9.17) is 9.47 Å². The number of benzene rings is 1. The van der Waals surface area contributed by atoms with Crippen molar-refractivity contribution in [3.8, 4) is 23.1 Å². The number of aromatic nitrogens is 1. The molecule has 9 heteroatoms. The lowest BCUT2D eigenvalue weighted by atomic mass is 10.1. The predicted molar refractivity (Wildman–Crippen MR) is 102 cm³/mol. The van der Waals surface area contributed by atoms with Crippen molar-refractivity contribution < 1.29 is 27.4 Å². The quantitative estimate of drug-likeness (QED) is 0.344. The van der Waals surface area contributed by atoms with Crippen LogP contribution in [0.3, 0.4) is 0 Å². The lowest BCUT2D eigenvalue weighted by molar-refractivity contribution is -0.140. The van der Waals surface area contributed by atoms with Crippen LogP contribution in [0.2, 0.25) is 0 Å². The largest absolute Gasteiger partial charge is 0.490 e. The Hall–Kier alpha value is -2.99. The molecule has 0 bridgehead atoms. The topological polar surface area (TPSA) is 72.2 Å². The number of alkyl halides is 3. The smallest absolute Gasteiger partial charge is 0.417 e. The highest BCUT2D eigenvalue weighted by Gasteiger charge is 2.36. The van der Waals surface area contributed by atoms with Crippen LogP contribution in [0.5, 0.6) is 5.75 Å². The summed E-state index contributed by atoms with van der Waals surface area (Å²) in [5, 5.41) is 9.08. The maximum Gasteiger partial charge on any atom is 0.417 e. The molecule has 0 saturated carbocycles. The van der Waals surface area contributed by atoms with Crippen LogP contribution in [0.25, 0.3) is 11.3 Å². The summed E-state index contributed by atoms with van der Waals surface area (Å²) >= 11 is 0.729. The second-order valence-electron chi connectivity index (χ2n) is 5.56.